The molecular formula is C26H32ClF2N3O5. The molecule has 202 valence electrons. The average molecular weight is 540 g/mol. The van der Waals surface area contributed by atoms with Crippen LogP contribution in [0.4, 0.5) is 8.78 Å². The Morgan fingerprint density at radius 2 is 1.95 bits per heavy atom. The second-order valence-electron chi connectivity index (χ2n) is 9.23. The number of halogens is 3. The van der Waals surface area contributed by atoms with Crippen LogP contribution < -0.4 is 14.8 Å². The van der Waals surface area contributed by atoms with E-state index in [4.69, 9.17) is 9.47 Å². The SMILES string of the molecule is CCN(C)C(=O)c1ccc(C(=O)OC[C@H]2C[C@@H](c3ccc(OC(F)F)c(OCC4CC4)c3)CN2)nc1.Cl. The molecule has 1 saturated carbocycles. The molecule has 2 fully saturated rings. The van der Waals surface area contributed by atoms with Gasteiger partial charge >= 0.3 is 12.6 Å². The van der Waals surface area contributed by atoms with E-state index in [-0.39, 0.29) is 48.3 Å². The zero-order chi connectivity index (χ0) is 25.7. The monoisotopic (exact) mass is 539 g/mol. The third-order valence-corrected chi connectivity index (χ3v) is 6.50. The number of pyridine rings is 1. The number of hydrogen-bond acceptors (Lipinski definition) is 7. The molecule has 2 atom stereocenters. The minimum atomic E-state index is -2.92. The Labute approximate surface area is 221 Å². The molecule has 2 heterocycles. The Balaban J connectivity index is 0.00000380. The van der Waals surface area contributed by atoms with Crippen LogP contribution in [-0.2, 0) is 4.74 Å². The van der Waals surface area contributed by atoms with Crippen molar-refractivity contribution in [2.45, 2.75) is 44.8 Å². The normalized spacial score (nSPS) is 18.7. The molecule has 2 aromatic rings. The van der Waals surface area contributed by atoms with Crippen molar-refractivity contribution in [1.82, 2.24) is 15.2 Å². The highest BCUT2D eigenvalue weighted by atomic mass is 35.5. The summed E-state index contributed by atoms with van der Waals surface area (Å²) in [5, 5.41) is 3.34. The maximum Gasteiger partial charge on any atom is 0.387 e. The Hall–Kier alpha value is -2.98. The zero-order valence-electron chi connectivity index (χ0n) is 20.8. The number of rotatable bonds is 11. The van der Waals surface area contributed by atoms with Crippen molar-refractivity contribution in [1.29, 1.82) is 0 Å². The highest BCUT2D eigenvalue weighted by Gasteiger charge is 2.28. The van der Waals surface area contributed by atoms with Crippen LogP contribution in [0.25, 0.3) is 0 Å². The third-order valence-electron chi connectivity index (χ3n) is 6.50. The zero-order valence-corrected chi connectivity index (χ0v) is 21.6. The van der Waals surface area contributed by atoms with Crippen molar-refractivity contribution in [3.63, 3.8) is 0 Å². The summed E-state index contributed by atoms with van der Waals surface area (Å²) in [7, 11) is 1.69. The van der Waals surface area contributed by atoms with Gasteiger partial charge < -0.3 is 24.4 Å². The molecule has 1 aromatic heterocycles. The maximum atomic E-state index is 12.8. The third kappa shape index (κ3) is 7.75. The summed E-state index contributed by atoms with van der Waals surface area (Å²) in [5.74, 6) is 0.217. The second-order valence-corrected chi connectivity index (χ2v) is 9.23. The van der Waals surface area contributed by atoms with E-state index in [9.17, 15) is 18.4 Å². The molecule has 11 heteroatoms. The molecule has 8 nitrogen and oxygen atoms in total. The topological polar surface area (TPSA) is 90.0 Å². The van der Waals surface area contributed by atoms with Gasteiger partial charge in [-0.05, 0) is 67.9 Å². The number of nitrogens with one attached hydrogen (secondary N) is 1. The summed E-state index contributed by atoms with van der Waals surface area (Å²) in [4.78, 5) is 30.2. The van der Waals surface area contributed by atoms with Gasteiger partial charge in [0.25, 0.3) is 5.91 Å². The molecule has 1 amide bonds. The van der Waals surface area contributed by atoms with Gasteiger partial charge in [0.15, 0.2) is 11.5 Å². The van der Waals surface area contributed by atoms with Crippen LogP contribution in [0.3, 0.4) is 0 Å². The van der Waals surface area contributed by atoms with Crippen molar-refractivity contribution in [3.05, 3.63) is 53.3 Å². The summed E-state index contributed by atoms with van der Waals surface area (Å²) in [6.07, 6.45) is 4.26. The molecule has 2 aliphatic rings. The number of nitrogens with zero attached hydrogens (tertiary/aromatic N) is 2. The van der Waals surface area contributed by atoms with Crippen LogP contribution in [0.2, 0.25) is 0 Å². The highest BCUT2D eigenvalue weighted by molar-refractivity contribution is 5.94. The number of carbonyl (C=O) groups is 2. The van der Waals surface area contributed by atoms with Gasteiger partial charge in [-0.25, -0.2) is 9.78 Å². The Morgan fingerprint density at radius 1 is 1.16 bits per heavy atom. The number of benzene rings is 1. The van der Waals surface area contributed by atoms with E-state index in [1.165, 1.54) is 18.3 Å². The fourth-order valence-corrected chi connectivity index (χ4v) is 4.03. The lowest BCUT2D eigenvalue weighted by Gasteiger charge is -2.16. The van der Waals surface area contributed by atoms with E-state index in [1.54, 1.807) is 30.1 Å². The van der Waals surface area contributed by atoms with Gasteiger partial charge in [-0.2, -0.15) is 8.78 Å². The summed E-state index contributed by atoms with van der Waals surface area (Å²) in [6, 6.07) is 8.04. The van der Waals surface area contributed by atoms with Crippen LogP contribution in [0.1, 0.15) is 58.5 Å². The molecule has 1 aliphatic heterocycles. The van der Waals surface area contributed by atoms with Crippen LogP contribution in [-0.4, -0.2) is 67.8 Å². The molecular weight excluding hydrogens is 508 g/mol. The van der Waals surface area contributed by atoms with Crippen molar-refractivity contribution in [3.8, 4) is 11.5 Å². The first-order valence-corrected chi connectivity index (χ1v) is 12.2. The predicted octanol–water partition coefficient (Wildman–Crippen LogP) is 4.29. The lowest BCUT2D eigenvalue weighted by atomic mass is 9.96. The molecule has 0 spiro atoms. The number of alkyl halides is 2. The van der Waals surface area contributed by atoms with Crippen molar-refractivity contribution >= 4 is 24.3 Å². The summed E-state index contributed by atoms with van der Waals surface area (Å²) in [6.45, 7) is 0.823. The quantitative estimate of drug-likeness (QED) is 0.426. The molecule has 0 bridgehead atoms. The Bertz CT molecular complexity index is 1070. The van der Waals surface area contributed by atoms with Gasteiger partial charge in [0.05, 0.1) is 12.2 Å². The van der Waals surface area contributed by atoms with Gasteiger partial charge in [0.2, 0.25) is 0 Å². The predicted molar refractivity (Wildman–Crippen MR) is 135 cm³/mol. The standard InChI is InChI=1S/C26H31F2N3O5.ClH/c1-3-31(2)24(32)18-6-8-21(30-12-18)25(33)35-15-20-10-19(13-29-20)17-7-9-22(36-26(27)28)23(11-17)34-14-16-4-5-16;/h6-9,11-12,16,19-20,26,29H,3-5,10,13-15H2,1-2H3;1H/t19-,20-;/m1./s1. The number of carbonyl (C=O) groups excluding carboxylic acids is 2. The maximum absolute atomic E-state index is 12.8. The molecule has 0 radical (unpaired) electrons. The van der Waals surface area contributed by atoms with Crippen LogP contribution in [0.15, 0.2) is 36.5 Å². The Kier molecular flexibility index (Phi) is 10.0. The highest BCUT2D eigenvalue weighted by Crippen LogP contribution is 2.37. The van der Waals surface area contributed by atoms with E-state index < -0.39 is 12.6 Å². The fraction of sp³-hybridized carbons (Fsp3) is 0.500. The lowest BCUT2D eigenvalue weighted by Crippen LogP contribution is -2.28. The van der Waals surface area contributed by atoms with E-state index in [1.807, 2.05) is 6.92 Å². The van der Waals surface area contributed by atoms with E-state index >= 15 is 0 Å². The second kappa shape index (κ2) is 13.0. The number of amides is 1. The van der Waals surface area contributed by atoms with Crippen molar-refractivity contribution < 1.29 is 32.6 Å². The lowest BCUT2D eigenvalue weighted by molar-refractivity contribution is -0.0515. The minimum Gasteiger partial charge on any atom is -0.489 e. The minimum absolute atomic E-state index is 0. The van der Waals surface area contributed by atoms with Gasteiger partial charge in [-0.1, -0.05) is 6.07 Å². The molecule has 0 unspecified atom stereocenters. The summed E-state index contributed by atoms with van der Waals surface area (Å²) < 4.78 is 41.4. The number of esters is 1. The van der Waals surface area contributed by atoms with Crippen LogP contribution in [0, 0.1) is 5.92 Å². The first-order valence-electron chi connectivity index (χ1n) is 12.2. The van der Waals surface area contributed by atoms with Crippen molar-refractivity contribution in [2.24, 2.45) is 5.92 Å². The first kappa shape index (κ1) is 28.6. The van der Waals surface area contributed by atoms with Crippen LogP contribution in [0.5, 0.6) is 11.5 Å². The first-order chi connectivity index (χ1) is 17.3. The van der Waals surface area contributed by atoms with Gasteiger partial charge in [-0.3, -0.25) is 4.79 Å². The van der Waals surface area contributed by atoms with Gasteiger partial charge in [0, 0.05) is 32.4 Å². The number of ether oxygens (including phenoxy) is 3. The number of hydrogen-bond donors (Lipinski definition) is 1. The van der Waals surface area contributed by atoms with E-state index in [2.05, 4.69) is 15.0 Å². The largest absolute Gasteiger partial charge is 0.489 e. The molecule has 1 N–H and O–H groups in total. The smallest absolute Gasteiger partial charge is 0.387 e. The summed E-state index contributed by atoms with van der Waals surface area (Å²) in [5.41, 5.74) is 1.48. The fourth-order valence-electron chi connectivity index (χ4n) is 4.03. The molecule has 4 rings (SSSR count). The molecule has 1 aromatic carbocycles. The van der Waals surface area contributed by atoms with Crippen molar-refractivity contribution in [2.75, 3.05) is 33.4 Å². The number of aromatic nitrogens is 1. The van der Waals surface area contributed by atoms with Crippen LogP contribution >= 0.6 is 12.4 Å². The molecule has 1 aliphatic carbocycles. The van der Waals surface area contributed by atoms with Gasteiger partial charge in [0.1, 0.15) is 12.3 Å². The summed E-state index contributed by atoms with van der Waals surface area (Å²) >= 11 is 0. The average Bonchev–Trinajstić information content (AvgIpc) is 3.60. The van der Waals surface area contributed by atoms with Gasteiger partial charge in [-0.15, -0.1) is 12.4 Å². The molecule has 1 saturated heterocycles. The Morgan fingerprint density at radius 3 is 2.59 bits per heavy atom. The van der Waals surface area contributed by atoms with E-state index in [0.29, 0.717) is 43.3 Å². The molecule has 37 heavy (non-hydrogen) atoms. The van der Waals surface area contributed by atoms with E-state index in [0.717, 1.165) is 18.4 Å².